The maximum Gasteiger partial charge on any atom is 0.166 e. The third kappa shape index (κ3) is 4.36. The summed E-state index contributed by atoms with van der Waals surface area (Å²) >= 11 is 1.84. The average Bonchev–Trinajstić information content (AvgIpc) is 3.76. The van der Waals surface area contributed by atoms with Gasteiger partial charge in [0.1, 0.15) is 0 Å². The fourth-order valence-electron chi connectivity index (χ4n) is 7.89. The lowest BCUT2D eigenvalue weighted by Gasteiger charge is -2.19. The van der Waals surface area contributed by atoms with Gasteiger partial charge < -0.3 is 4.57 Å². The molecule has 11 rings (SSSR count). The summed E-state index contributed by atoms with van der Waals surface area (Å²) in [7, 11) is 0. The lowest BCUT2D eigenvalue weighted by atomic mass is 9.96. The van der Waals surface area contributed by atoms with Crippen LogP contribution in [0.4, 0.5) is 0 Å². The van der Waals surface area contributed by atoms with Gasteiger partial charge in [0.15, 0.2) is 17.5 Å². The predicted octanol–water partition coefficient (Wildman–Crippen LogP) is 12.6. The number of hydrogen-bond donors (Lipinski definition) is 0. The molecule has 0 spiro atoms. The number of aromatic nitrogens is 4. The number of benzene rings is 8. The first-order chi connectivity index (χ1) is 25.8. The van der Waals surface area contributed by atoms with Crippen molar-refractivity contribution in [3.05, 3.63) is 170 Å². The van der Waals surface area contributed by atoms with Gasteiger partial charge in [0.2, 0.25) is 0 Å². The van der Waals surface area contributed by atoms with Gasteiger partial charge in [-0.3, -0.25) is 0 Å². The highest BCUT2D eigenvalue weighted by Gasteiger charge is 2.26. The highest BCUT2D eigenvalue weighted by atomic mass is 32.1. The van der Waals surface area contributed by atoms with Crippen LogP contribution < -0.4 is 0 Å². The van der Waals surface area contributed by atoms with Crippen LogP contribution in [-0.4, -0.2) is 19.5 Å². The monoisotopic (exact) mass is 680 g/mol. The maximum atomic E-state index is 5.39. The van der Waals surface area contributed by atoms with E-state index in [-0.39, 0.29) is 0 Å². The maximum absolute atomic E-state index is 5.39. The number of para-hydroxylation sites is 1. The smallest absolute Gasteiger partial charge is 0.166 e. The SMILES string of the molecule is c1ccc(-c2nc(-c3ccccc3)nc(-c3c(-n4c5ccccc5c5cc6ccccc6cc54)c4ccccc4c4sc5ccccc5c34)n2)cc1. The Labute approximate surface area is 302 Å². The number of fused-ring (bicyclic) bond motifs is 9. The van der Waals surface area contributed by atoms with Gasteiger partial charge in [0, 0.05) is 52.8 Å². The van der Waals surface area contributed by atoms with Crippen LogP contribution in [0.1, 0.15) is 0 Å². The zero-order valence-corrected chi connectivity index (χ0v) is 28.7. The van der Waals surface area contributed by atoms with Crippen molar-refractivity contribution >= 4 is 74.9 Å². The average molecular weight is 681 g/mol. The molecule has 0 saturated heterocycles. The number of thiophene rings is 1. The second-order valence-corrected chi connectivity index (χ2v) is 14.2. The molecule has 8 aromatic carbocycles. The second kappa shape index (κ2) is 11.4. The van der Waals surface area contributed by atoms with E-state index in [0.29, 0.717) is 17.5 Å². The highest BCUT2D eigenvalue weighted by Crippen LogP contribution is 2.49. The largest absolute Gasteiger partial charge is 0.308 e. The van der Waals surface area contributed by atoms with Crippen molar-refractivity contribution in [2.24, 2.45) is 0 Å². The first kappa shape index (κ1) is 29.1. The summed E-state index contributed by atoms with van der Waals surface area (Å²) < 4.78 is 4.93. The van der Waals surface area contributed by atoms with Crippen molar-refractivity contribution in [3.63, 3.8) is 0 Å². The minimum Gasteiger partial charge on any atom is -0.308 e. The highest BCUT2D eigenvalue weighted by molar-refractivity contribution is 7.26. The molecule has 0 amide bonds. The van der Waals surface area contributed by atoms with Crippen LogP contribution in [0, 0.1) is 0 Å². The van der Waals surface area contributed by atoms with Gasteiger partial charge >= 0.3 is 0 Å². The Balaban J connectivity index is 1.39. The Hall–Kier alpha value is -6.69. The Morgan fingerprint density at radius 3 is 1.65 bits per heavy atom. The van der Waals surface area contributed by atoms with E-state index in [2.05, 4.69) is 138 Å². The van der Waals surface area contributed by atoms with Gasteiger partial charge in [-0.15, -0.1) is 11.3 Å². The molecule has 3 heterocycles. The summed E-state index contributed by atoms with van der Waals surface area (Å²) in [5, 5.41) is 9.55. The molecule has 0 bridgehead atoms. The van der Waals surface area contributed by atoms with Crippen LogP contribution in [0.2, 0.25) is 0 Å². The van der Waals surface area contributed by atoms with Crippen LogP contribution in [0.5, 0.6) is 0 Å². The molecule has 52 heavy (non-hydrogen) atoms. The fraction of sp³-hybridized carbons (Fsp3) is 0. The molecule has 11 aromatic rings. The molecule has 0 aliphatic carbocycles. The fourth-order valence-corrected chi connectivity index (χ4v) is 9.14. The molecule has 0 N–H and O–H groups in total. The minimum atomic E-state index is 0.643. The first-order valence-corrected chi connectivity index (χ1v) is 18.3. The Morgan fingerprint density at radius 2 is 0.942 bits per heavy atom. The zero-order chi connectivity index (χ0) is 34.2. The molecule has 4 nitrogen and oxygen atoms in total. The quantitative estimate of drug-likeness (QED) is 0.186. The third-order valence-electron chi connectivity index (χ3n) is 10.2. The molecule has 0 saturated carbocycles. The Kier molecular flexibility index (Phi) is 6.39. The van der Waals surface area contributed by atoms with Gasteiger partial charge in [-0.25, -0.2) is 15.0 Å². The molecule has 0 unspecified atom stereocenters. The van der Waals surface area contributed by atoms with Crippen molar-refractivity contribution in [2.75, 3.05) is 0 Å². The van der Waals surface area contributed by atoms with E-state index in [1.807, 2.05) is 47.7 Å². The molecule has 0 fully saturated rings. The summed E-state index contributed by atoms with van der Waals surface area (Å²) in [5.74, 6) is 1.93. The van der Waals surface area contributed by atoms with Gasteiger partial charge in [-0.1, -0.05) is 146 Å². The first-order valence-electron chi connectivity index (χ1n) is 17.5. The summed E-state index contributed by atoms with van der Waals surface area (Å²) in [5.41, 5.74) is 6.24. The molecule has 0 aliphatic rings. The zero-order valence-electron chi connectivity index (χ0n) is 27.9. The summed E-state index contributed by atoms with van der Waals surface area (Å²) in [6.45, 7) is 0. The van der Waals surface area contributed by atoms with Gasteiger partial charge in [-0.2, -0.15) is 0 Å². The summed E-state index contributed by atoms with van der Waals surface area (Å²) in [6, 6.07) is 60.1. The minimum absolute atomic E-state index is 0.643. The molecule has 0 aliphatic heterocycles. The van der Waals surface area contributed by atoms with Crippen molar-refractivity contribution in [1.29, 1.82) is 0 Å². The third-order valence-corrected chi connectivity index (χ3v) is 11.4. The van der Waals surface area contributed by atoms with Gasteiger partial charge in [-0.05, 0) is 35.0 Å². The lowest BCUT2D eigenvalue weighted by molar-refractivity contribution is 1.07. The van der Waals surface area contributed by atoms with Crippen molar-refractivity contribution in [2.45, 2.75) is 0 Å². The van der Waals surface area contributed by atoms with Crippen LogP contribution in [0.3, 0.4) is 0 Å². The molecule has 5 heteroatoms. The van der Waals surface area contributed by atoms with E-state index in [4.69, 9.17) is 15.0 Å². The molecular formula is C47H28N4S. The summed E-state index contributed by atoms with van der Waals surface area (Å²) in [4.78, 5) is 15.9. The lowest BCUT2D eigenvalue weighted by Crippen LogP contribution is -2.05. The normalized spacial score (nSPS) is 11.8. The number of nitrogens with zero attached hydrogens (tertiary/aromatic N) is 4. The van der Waals surface area contributed by atoms with E-state index in [1.54, 1.807) is 0 Å². The second-order valence-electron chi connectivity index (χ2n) is 13.2. The number of rotatable bonds is 4. The van der Waals surface area contributed by atoms with Crippen molar-refractivity contribution < 1.29 is 0 Å². The van der Waals surface area contributed by atoms with Crippen molar-refractivity contribution in [1.82, 2.24) is 19.5 Å². The summed E-state index contributed by atoms with van der Waals surface area (Å²) in [6.07, 6.45) is 0. The molecule has 0 radical (unpaired) electrons. The van der Waals surface area contributed by atoms with Crippen LogP contribution in [-0.2, 0) is 0 Å². The molecular weight excluding hydrogens is 653 g/mol. The standard InChI is InChI=1S/C47H28N4S/c1-3-15-29(16-4-1)45-48-46(30-17-5-2-6-18-30)50-47(49-45)42-41-36-24-12-14-26-40(36)52-44(41)35-23-10-9-22-34(35)43(42)51-38-25-13-11-21-33(38)37-27-31-19-7-8-20-32(31)28-39(37)51/h1-28H. The van der Waals surface area contributed by atoms with E-state index in [0.717, 1.165) is 44.2 Å². The van der Waals surface area contributed by atoms with Gasteiger partial charge in [0.25, 0.3) is 0 Å². The molecule has 242 valence electrons. The Bertz CT molecular complexity index is 3120. The number of hydrogen-bond acceptors (Lipinski definition) is 4. The topological polar surface area (TPSA) is 43.6 Å². The van der Waals surface area contributed by atoms with Crippen LogP contribution in [0.25, 0.3) is 103 Å². The Morgan fingerprint density at radius 1 is 0.404 bits per heavy atom. The predicted molar refractivity (Wildman–Crippen MR) is 218 cm³/mol. The molecule has 0 atom stereocenters. The van der Waals surface area contributed by atoms with E-state index >= 15 is 0 Å². The van der Waals surface area contributed by atoms with E-state index in [1.165, 1.54) is 41.7 Å². The van der Waals surface area contributed by atoms with Crippen molar-refractivity contribution in [3.8, 4) is 39.9 Å². The van der Waals surface area contributed by atoms with E-state index in [9.17, 15) is 0 Å². The molecule has 3 aromatic heterocycles. The van der Waals surface area contributed by atoms with Crippen LogP contribution in [0.15, 0.2) is 170 Å². The van der Waals surface area contributed by atoms with Gasteiger partial charge in [0.05, 0.1) is 22.3 Å². The van der Waals surface area contributed by atoms with Crippen LogP contribution >= 0.6 is 11.3 Å². The van der Waals surface area contributed by atoms with E-state index < -0.39 is 0 Å².